The summed E-state index contributed by atoms with van der Waals surface area (Å²) in [6.45, 7) is 1.83. The fourth-order valence-electron chi connectivity index (χ4n) is 1.01. The minimum absolute atomic E-state index is 0.151. The zero-order valence-electron chi connectivity index (χ0n) is 6.53. The molecule has 0 aliphatic carbocycles. The number of pyridine rings is 1. The first-order valence-corrected chi connectivity index (χ1v) is 3.58. The molecule has 0 saturated carbocycles. The highest BCUT2D eigenvalue weighted by Crippen LogP contribution is 2.01. The molecule has 12 heavy (non-hydrogen) atoms. The topological polar surface area (TPSA) is 58.6 Å². The second-order valence-corrected chi connectivity index (χ2v) is 2.57. The van der Waals surface area contributed by atoms with Gasteiger partial charge in [0.25, 0.3) is 0 Å². The van der Waals surface area contributed by atoms with Crippen molar-refractivity contribution in [2.24, 2.45) is 0 Å². The lowest BCUT2D eigenvalue weighted by atomic mass is 10.4. The van der Waals surface area contributed by atoms with E-state index >= 15 is 0 Å². The summed E-state index contributed by atoms with van der Waals surface area (Å²) in [5, 5.41) is 0. The number of fused-ring (bicyclic) bond motifs is 1. The molecular weight excluding hydrogens is 154 g/mol. The molecule has 0 aliphatic rings. The second kappa shape index (κ2) is 2.41. The van der Waals surface area contributed by atoms with Gasteiger partial charge < -0.3 is 4.98 Å². The predicted molar refractivity (Wildman–Crippen MR) is 44.9 cm³/mol. The number of aromatic nitrogens is 3. The van der Waals surface area contributed by atoms with Crippen LogP contribution < -0.4 is 5.56 Å². The summed E-state index contributed by atoms with van der Waals surface area (Å²) in [5.41, 5.74) is 1.90. The van der Waals surface area contributed by atoms with Gasteiger partial charge in [0, 0.05) is 12.3 Å². The molecule has 4 heteroatoms. The van der Waals surface area contributed by atoms with Crippen molar-refractivity contribution < 1.29 is 0 Å². The van der Waals surface area contributed by atoms with E-state index in [4.69, 9.17) is 0 Å². The smallest absolute Gasteiger partial charge is 0.249 e. The van der Waals surface area contributed by atoms with Crippen LogP contribution in [-0.4, -0.2) is 15.0 Å². The minimum atomic E-state index is -0.151. The Morgan fingerprint density at radius 2 is 2.25 bits per heavy atom. The largest absolute Gasteiger partial charge is 0.305 e. The lowest BCUT2D eigenvalue weighted by molar-refractivity contribution is 1.13. The van der Waals surface area contributed by atoms with Crippen molar-refractivity contribution in [1.82, 2.24) is 15.0 Å². The lowest BCUT2D eigenvalue weighted by Gasteiger charge is -1.95. The molecule has 0 amide bonds. The third-order valence-corrected chi connectivity index (χ3v) is 1.56. The van der Waals surface area contributed by atoms with Gasteiger partial charge in [-0.1, -0.05) is 0 Å². The standard InChI is InChI=1S/C8H7N3O/c1-5-4-9-6-2-3-7(12)11-8(6)10-5/h2-4H,1H3,(H,10,11,12). The van der Waals surface area contributed by atoms with Gasteiger partial charge in [-0.05, 0) is 13.0 Å². The first-order valence-electron chi connectivity index (χ1n) is 3.58. The van der Waals surface area contributed by atoms with E-state index in [9.17, 15) is 4.79 Å². The van der Waals surface area contributed by atoms with Crippen LogP contribution in [0, 0.1) is 6.92 Å². The molecule has 2 aromatic rings. The molecule has 0 bridgehead atoms. The van der Waals surface area contributed by atoms with Gasteiger partial charge >= 0.3 is 0 Å². The van der Waals surface area contributed by atoms with E-state index in [1.807, 2.05) is 6.92 Å². The Morgan fingerprint density at radius 1 is 1.42 bits per heavy atom. The number of rotatable bonds is 0. The van der Waals surface area contributed by atoms with Crippen molar-refractivity contribution in [2.75, 3.05) is 0 Å². The monoisotopic (exact) mass is 161 g/mol. The van der Waals surface area contributed by atoms with E-state index in [0.29, 0.717) is 11.2 Å². The maximum Gasteiger partial charge on any atom is 0.249 e. The van der Waals surface area contributed by atoms with Crippen molar-refractivity contribution in [3.8, 4) is 0 Å². The summed E-state index contributed by atoms with van der Waals surface area (Å²) in [5.74, 6) is 0. The molecule has 0 radical (unpaired) electrons. The Balaban J connectivity index is 2.89. The summed E-state index contributed by atoms with van der Waals surface area (Å²) < 4.78 is 0. The Labute approximate surface area is 68.3 Å². The number of aromatic amines is 1. The highest BCUT2D eigenvalue weighted by molar-refractivity contribution is 5.68. The molecule has 2 rings (SSSR count). The molecule has 0 atom stereocenters. The normalized spacial score (nSPS) is 10.4. The molecule has 0 aromatic carbocycles. The molecule has 2 heterocycles. The van der Waals surface area contributed by atoms with Crippen molar-refractivity contribution in [2.45, 2.75) is 6.92 Å². The summed E-state index contributed by atoms with van der Waals surface area (Å²) in [6.07, 6.45) is 1.67. The fraction of sp³-hybridized carbons (Fsp3) is 0.125. The van der Waals surface area contributed by atoms with E-state index in [1.54, 1.807) is 12.3 Å². The lowest BCUT2D eigenvalue weighted by Crippen LogP contribution is -2.04. The minimum Gasteiger partial charge on any atom is -0.305 e. The summed E-state index contributed by atoms with van der Waals surface area (Å²) in [4.78, 5) is 21.7. The first-order chi connectivity index (χ1) is 5.75. The number of nitrogens with zero attached hydrogens (tertiary/aromatic N) is 2. The van der Waals surface area contributed by atoms with Crippen molar-refractivity contribution in [3.05, 3.63) is 34.4 Å². The van der Waals surface area contributed by atoms with Gasteiger partial charge in [-0.15, -0.1) is 0 Å². The Kier molecular flexibility index (Phi) is 1.40. The predicted octanol–water partition coefficient (Wildman–Crippen LogP) is 0.627. The third-order valence-electron chi connectivity index (χ3n) is 1.56. The molecular formula is C8H7N3O. The quantitative estimate of drug-likeness (QED) is 0.616. The molecule has 0 spiro atoms. The van der Waals surface area contributed by atoms with Crippen LogP contribution in [0.3, 0.4) is 0 Å². The van der Waals surface area contributed by atoms with Gasteiger partial charge in [-0.2, -0.15) is 0 Å². The van der Waals surface area contributed by atoms with Crippen LogP contribution >= 0.6 is 0 Å². The highest BCUT2D eigenvalue weighted by Gasteiger charge is 1.95. The molecule has 1 N–H and O–H groups in total. The summed E-state index contributed by atoms with van der Waals surface area (Å²) in [7, 11) is 0. The van der Waals surface area contributed by atoms with Crippen LogP contribution in [0.4, 0.5) is 0 Å². The van der Waals surface area contributed by atoms with Gasteiger partial charge in [0.05, 0.1) is 5.69 Å². The van der Waals surface area contributed by atoms with Crippen LogP contribution in [0.15, 0.2) is 23.1 Å². The number of nitrogens with one attached hydrogen (secondary N) is 1. The molecule has 60 valence electrons. The van der Waals surface area contributed by atoms with Gasteiger partial charge in [0.15, 0.2) is 5.65 Å². The Bertz CT molecular complexity index is 475. The molecule has 0 saturated heterocycles. The molecule has 0 unspecified atom stereocenters. The number of hydrogen-bond acceptors (Lipinski definition) is 3. The SMILES string of the molecule is Cc1cnc2ccc(=O)[nH]c2n1. The van der Waals surface area contributed by atoms with E-state index in [1.165, 1.54) is 6.07 Å². The Morgan fingerprint density at radius 3 is 3.08 bits per heavy atom. The molecule has 0 aliphatic heterocycles. The van der Waals surface area contributed by atoms with Crippen LogP contribution in [-0.2, 0) is 0 Å². The zero-order chi connectivity index (χ0) is 8.55. The fourth-order valence-corrected chi connectivity index (χ4v) is 1.01. The molecule has 2 aromatic heterocycles. The van der Waals surface area contributed by atoms with E-state index in [-0.39, 0.29) is 5.56 Å². The number of aryl methyl sites for hydroxylation is 1. The van der Waals surface area contributed by atoms with Crippen LogP contribution in [0.2, 0.25) is 0 Å². The highest BCUT2D eigenvalue weighted by atomic mass is 16.1. The first kappa shape index (κ1) is 6.97. The molecule has 4 nitrogen and oxygen atoms in total. The summed E-state index contributed by atoms with van der Waals surface area (Å²) >= 11 is 0. The van der Waals surface area contributed by atoms with Gasteiger partial charge in [-0.3, -0.25) is 9.78 Å². The second-order valence-electron chi connectivity index (χ2n) is 2.57. The average molecular weight is 161 g/mol. The van der Waals surface area contributed by atoms with Gasteiger partial charge in [-0.25, -0.2) is 4.98 Å². The van der Waals surface area contributed by atoms with E-state index in [0.717, 1.165) is 5.69 Å². The average Bonchev–Trinajstić information content (AvgIpc) is 2.03. The van der Waals surface area contributed by atoms with Crippen molar-refractivity contribution in [1.29, 1.82) is 0 Å². The van der Waals surface area contributed by atoms with Gasteiger partial charge in [0.1, 0.15) is 5.52 Å². The number of H-pyrrole nitrogens is 1. The maximum atomic E-state index is 10.9. The zero-order valence-corrected chi connectivity index (χ0v) is 6.53. The van der Waals surface area contributed by atoms with Crippen LogP contribution in [0.5, 0.6) is 0 Å². The van der Waals surface area contributed by atoms with Crippen LogP contribution in [0.1, 0.15) is 5.69 Å². The number of hydrogen-bond donors (Lipinski definition) is 1. The molecule has 0 fully saturated rings. The van der Waals surface area contributed by atoms with Gasteiger partial charge in [0.2, 0.25) is 5.56 Å². The van der Waals surface area contributed by atoms with Crippen molar-refractivity contribution in [3.63, 3.8) is 0 Å². The Hall–Kier alpha value is -1.71. The van der Waals surface area contributed by atoms with E-state index in [2.05, 4.69) is 15.0 Å². The third kappa shape index (κ3) is 1.07. The van der Waals surface area contributed by atoms with Crippen LogP contribution in [0.25, 0.3) is 11.2 Å². The van der Waals surface area contributed by atoms with Crippen molar-refractivity contribution >= 4 is 11.2 Å². The van der Waals surface area contributed by atoms with E-state index < -0.39 is 0 Å². The summed E-state index contributed by atoms with van der Waals surface area (Å²) in [6, 6.07) is 3.09. The maximum absolute atomic E-state index is 10.9.